The fourth-order valence-electron chi connectivity index (χ4n) is 1.41. The number of nitrogens with zero attached hydrogens (tertiary/aromatic N) is 2. The number of alkyl halides is 1. The van der Waals surface area contributed by atoms with Crippen molar-refractivity contribution in [3.63, 3.8) is 0 Å². The molecule has 1 unspecified atom stereocenters. The van der Waals surface area contributed by atoms with Gasteiger partial charge in [0.1, 0.15) is 5.82 Å². The number of aromatic nitrogens is 1. The summed E-state index contributed by atoms with van der Waals surface area (Å²) in [6.45, 7) is 0.523. The van der Waals surface area contributed by atoms with Gasteiger partial charge in [0, 0.05) is 19.2 Å². The van der Waals surface area contributed by atoms with Crippen molar-refractivity contribution < 1.29 is 4.79 Å². The van der Waals surface area contributed by atoms with Gasteiger partial charge in [0.25, 0.3) is 0 Å². The highest BCUT2D eigenvalue weighted by molar-refractivity contribution is 6.30. The molecule has 0 aliphatic carbocycles. The zero-order chi connectivity index (χ0) is 10.1. The molecule has 0 aromatic carbocycles. The predicted molar refractivity (Wildman–Crippen MR) is 55.9 cm³/mol. The maximum atomic E-state index is 11.4. The van der Waals surface area contributed by atoms with Crippen LogP contribution in [0, 0.1) is 0 Å². The van der Waals surface area contributed by atoms with Crippen LogP contribution in [0.4, 0.5) is 5.82 Å². The molecule has 1 saturated heterocycles. The van der Waals surface area contributed by atoms with Gasteiger partial charge < -0.3 is 0 Å². The summed E-state index contributed by atoms with van der Waals surface area (Å²) in [6, 6.07) is 3.42. The third-order valence-corrected chi connectivity index (χ3v) is 2.58. The van der Waals surface area contributed by atoms with Gasteiger partial charge in [-0.05, 0) is 12.1 Å². The number of amides is 1. The minimum Gasteiger partial charge on any atom is -0.295 e. The zero-order valence-corrected chi connectivity index (χ0v) is 8.79. The van der Waals surface area contributed by atoms with Gasteiger partial charge in [-0.25, -0.2) is 4.98 Å². The van der Waals surface area contributed by atoms with E-state index in [9.17, 15) is 4.79 Å². The van der Waals surface area contributed by atoms with Crippen LogP contribution in [-0.4, -0.2) is 22.8 Å². The van der Waals surface area contributed by atoms with E-state index >= 15 is 0 Å². The molecule has 1 fully saturated rings. The van der Waals surface area contributed by atoms with Crippen molar-refractivity contribution >= 4 is 34.9 Å². The van der Waals surface area contributed by atoms with E-state index in [0.717, 1.165) is 0 Å². The topological polar surface area (TPSA) is 33.2 Å². The van der Waals surface area contributed by atoms with Crippen LogP contribution in [0.2, 0.25) is 5.02 Å². The van der Waals surface area contributed by atoms with Gasteiger partial charge in [-0.15, -0.1) is 11.6 Å². The van der Waals surface area contributed by atoms with E-state index in [1.54, 1.807) is 17.0 Å². The summed E-state index contributed by atoms with van der Waals surface area (Å²) in [6.07, 6.45) is 1.90. The van der Waals surface area contributed by atoms with Gasteiger partial charge in [0.2, 0.25) is 5.91 Å². The zero-order valence-electron chi connectivity index (χ0n) is 7.28. The average molecular weight is 231 g/mol. The first-order valence-corrected chi connectivity index (χ1v) is 5.04. The minimum atomic E-state index is -0.111. The molecular formula is C9H8Cl2N2O. The Morgan fingerprint density at radius 3 is 2.79 bits per heavy atom. The lowest BCUT2D eigenvalue weighted by Crippen LogP contribution is -2.25. The van der Waals surface area contributed by atoms with Gasteiger partial charge in [0.15, 0.2) is 0 Å². The van der Waals surface area contributed by atoms with Crippen molar-refractivity contribution in [3.8, 4) is 0 Å². The fourth-order valence-corrected chi connectivity index (χ4v) is 1.79. The summed E-state index contributed by atoms with van der Waals surface area (Å²) < 4.78 is 0. The Labute approximate surface area is 91.6 Å². The molecule has 0 spiro atoms. The summed E-state index contributed by atoms with van der Waals surface area (Å²) in [5.41, 5.74) is 0. The molecule has 5 heteroatoms. The Hall–Kier alpha value is -0.800. The van der Waals surface area contributed by atoms with Crippen LogP contribution in [0.25, 0.3) is 0 Å². The Bertz CT molecular complexity index is 352. The van der Waals surface area contributed by atoms with Crippen LogP contribution >= 0.6 is 23.2 Å². The second-order valence-corrected chi connectivity index (χ2v) is 4.19. The molecule has 14 heavy (non-hydrogen) atoms. The van der Waals surface area contributed by atoms with Crippen LogP contribution in [0.5, 0.6) is 0 Å². The molecular weight excluding hydrogens is 223 g/mol. The van der Waals surface area contributed by atoms with E-state index in [1.807, 2.05) is 0 Å². The molecule has 0 saturated carbocycles. The van der Waals surface area contributed by atoms with E-state index in [-0.39, 0.29) is 11.3 Å². The third-order valence-electron chi connectivity index (χ3n) is 2.07. The van der Waals surface area contributed by atoms with Crippen molar-refractivity contribution in [1.29, 1.82) is 0 Å². The second-order valence-electron chi connectivity index (χ2n) is 3.14. The van der Waals surface area contributed by atoms with Crippen molar-refractivity contribution in [1.82, 2.24) is 4.98 Å². The number of carbonyl (C=O) groups is 1. The monoisotopic (exact) mass is 230 g/mol. The lowest BCUT2D eigenvalue weighted by Gasteiger charge is -2.13. The molecule has 1 aromatic heterocycles. The summed E-state index contributed by atoms with van der Waals surface area (Å²) in [4.78, 5) is 17.1. The fraction of sp³-hybridized carbons (Fsp3) is 0.333. The Kier molecular flexibility index (Phi) is 2.61. The quantitative estimate of drug-likeness (QED) is 0.693. The highest BCUT2D eigenvalue weighted by atomic mass is 35.5. The van der Waals surface area contributed by atoms with E-state index in [0.29, 0.717) is 23.8 Å². The smallest absolute Gasteiger partial charge is 0.229 e. The molecule has 0 radical (unpaired) electrons. The van der Waals surface area contributed by atoms with E-state index in [1.165, 1.54) is 6.20 Å². The van der Waals surface area contributed by atoms with E-state index in [2.05, 4.69) is 4.98 Å². The maximum absolute atomic E-state index is 11.4. The van der Waals surface area contributed by atoms with Crippen molar-refractivity contribution in [2.45, 2.75) is 11.8 Å². The van der Waals surface area contributed by atoms with Gasteiger partial charge >= 0.3 is 0 Å². The van der Waals surface area contributed by atoms with Crippen LogP contribution in [-0.2, 0) is 4.79 Å². The van der Waals surface area contributed by atoms with E-state index in [4.69, 9.17) is 23.2 Å². The largest absolute Gasteiger partial charge is 0.295 e. The highest BCUT2D eigenvalue weighted by Crippen LogP contribution is 2.23. The molecule has 74 valence electrons. The first-order valence-electron chi connectivity index (χ1n) is 4.23. The Balaban J connectivity index is 2.23. The van der Waals surface area contributed by atoms with Crippen molar-refractivity contribution in [2.24, 2.45) is 0 Å². The number of hydrogen-bond acceptors (Lipinski definition) is 2. The van der Waals surface area contributed by atoms with Gasteiger partial charge in [-0.1, -0.05) is 11.6 Å². The summed E-state index contributed by atoms with van der Waals surface area (Å²) in [7, 11) is 0. The first-order chi connectivity index (χ1) is 6.66. The molecule has 3 nitrogen and oxygen atoms in total. The molecule has 2 heterocycles. The van der Waals surface area contributed by atoms with Crippen LogP contribution < -0.4 is 4.90 Å². The lowest BCUT2D eigenvalue weighted by atomic mass is 10.4. The standard InChI is InChI=1S/C9H8Cl2N2O/c10-6-1-2-8(12-4-6)13-5-7(11)3-9(13)14/h1-2,4,7H,3,5H2. The number of anilines is 1. The van der Waals surface area contributed by atoms with E-state index < -0.39 is 0 Å². The number of hydrogen-bond donors (Lipinski definition) is 0. The molecule has 1 aliphatic rings. The van der Waals surface area contributed by atoms with Gasteiger partial charge in [-0.2, -0.15) is 0 Å². The van der Waals surface area contributed by atoms with Crippen molar-refractivity contribution in [3.05, 3.63) is 23.4 Å². The molecule has 1 atom stereocenters. The summed E-state index contributed by atoms with van der Waals surface area (Å²) in [5, 5.41) is 0.447. The second kappa shape index (κ2) is 3.75. The summed E-state index contributed by atoms with van der Waals surface area (Å²) in [5.74, 6) is 0.627. The molecule has 0 N–H and O–H groups in total. The molecule has 2 rings (SSSR count). The SMILES string of the molecule is O=C1CC(Cl)CN1c1ccc(Cl)cn1. The molecule has 0 bridgehead atoms. The molecule has 1 amide bonds. The predicted octanol–water partition coefficient (Wildman–Crippen LogP) is 2.08. The minimum absolute atomic E-state index is 0.0137. The Morgan fingerprint density at radius 1 is 1.50 bits per heavy atom. The van der Waals surface area contributed by atoms with Gasteiger partial charge in [-0.3, -0.25) is 9.69 Å². The number of pyridine rings is 1. The highest BCUT2D eigenvalue weighted by Gasteiger charge is 2.29. The first kappa shape index (κ1) is 9.74. The summed E-state index contributed by atoms with van der Waals surface area (Å²) >= 11 is 11.6. The Morgan fingerprint density at radius 2 is 2.29 bits per heavy atom. The third kappa shape index (κ3) is 1.83. The number of carbonyl (C=O) groups excluding carboxylic acids is 1. The van der Waals surface area contributed by atoms with Crippen LogP contribution in [0.15, 0.2) is 18.3 Å². The maximum Gasteiger partial charge on any atom is 0.229 e. The van der Waals surface area contributed by atoms with Crippen LogP contribution in [0.1, 0.15) is 6.42 Å². The number of rotatable bonds is 1. The molecule has 1 aliphatic heterocycles. The molecule has 1 aromatic rings. The lowest BCUT2D eigenvalue weighted by molar-refractivity contribution is -0.117. The van der Waals surface area contributed by atoms with Crippen LogP contribution in [0.3, 0.4) is 0 Å². The van der Waals surface area contributed by atoms with Crippen molar-refractivity contribution in [2.75, 3.05) is 11.4 Å². The van der Waals surface area contributed by atoms with Gasteiger partial charge in [0.05, 0.1) is 10.4 Å². The number of halogens is 2. The normalized spacial score (nSPS) is 21.7. The average Bonchev–Trinajstić information content (AvgIpc) is 2.47.